The van der Waals surface area contributed by atoms with Crippen LogP contribution in [0.2, 0.25) is 0 Å². The molecule has 0 heterocycles. The second-order valence-corrected chi connectivity index (χ2v) is 9.54. The predicted octanol–water partition coefficient (Wildman–Crippen LogP) is 3.59. The van der Waals surface area contributed by atoms with Gasteiger partial charge in [-0.15, -0.1) is 11.8 Å². The summed E-state index contributed by atoms with van der Waals surface area (Å²) >= 11 is 1.47. The molecule has 0 aromatic heterocycles. The summed E-state index contributed by atoms with van der Waals surface area (Å²) in [7, 11) is -0.580. The van der Waals surface area contributed by atoms with E-state index in [2.05, 4.69) is 11.4 Å². The van der Waals surface area contributed by atoms with Crippen LogP contribution in [0, 0.1) is 20.8 Å². The maximum Gasteiger partial charge on any atom is 0.242 e. The smallest absolute Gasteiger partial charge is 0.242 e. The van der Waals surface area contributed by atoms with Crippen LogP contribution in [-0.2, 0) is 14.8 Å². The Bertz CT molecular complexity index is 922. The van der Waals surface area contributed by atoms with Crippen molar-refractivity contribution in [1.29, 1.82) is 0 Å². The SMILES string of the molecule is Cc1ccc(SCC(=O)Nc2cc(S(=O)(=O)N(C)C)ccc2C)c(C)c1. The highest BCUT2D eigenvalue weighted by Crippen LogP contribution is 2.25. The number of anilines is 1. The molecule has 0 aliphatic carbocycles. The normalized spacial score (nSPS) is 11.6. The van der Waals surface area contributed by atoms with E-state index < -0.39 is 10.0 Å². The minimum absolute atomic E-state index is 0.158. The van der Waals surface area contributed by atoms with E-state index in [-0.39, 0.29) is 16.6 Å². The van der Waals surface area contributed by atoms with Gasteiger partial charge in [0.15, 0.2) is 0 Å². The summed E-state index contributed by atoms with van der Waals surface area (Å²) in [6.45, 7) is 5.89. The lowest BCUT2D eigenvalue weighted by Gasteiger charge is -2.14. The van der Waals surface area contributed by atoms with Gasteiger partial charge in [-0.1, -0.05) is 23.8 Å². The van der Waals surface area contributed by atoms with Crippen molar-refractivity contribution in [3.8, 4) is 0 Å². The Labute approximate surface area is 159 Å². The molecule has 0 aliphatic heterocycles. The van der Waals surface area contributed by atoms with Gasteiger partial charge in [-0.25, -0.2) is 12.7 Å². The van der Waals surface area contributed by atoms with Gasteiger partial charge >= 0.3 is 0 Å². The van der Waals surface area contributed by atoms with Gasteiger partial charge < -0.3 is 5.32 Å². The molecule has 140 valence electrons. The molecule has 0 bridgehead atoms. The quantitative estimate of drug-likeness (QED) is 0.763. The Morgan fingerprint density at radius 2 is 1.73 bits per heavy atom. The molecular formula is C19H24N2O3S2. The van der Waals surface area contributed by atoms with Crippen LogP contribution < -0.4 is 5.32 Å². The second kappa shape index (κ2) is 8.24. The van der Waals surface area contributed by atoms with Gasteiger partial charge in [0, 0.05) is 24.7 Å². The number of amides is 1. The first-order valence-electron chi connectivity index (χ1n) is 8.14. The van der Waals surface area contributed by atoms with Crippen LogP contribution in [0.25, 0.3) is 0 Å². The third kappa shape index (κ3) is 4.87. The highest BCUT2D eigenvalue weighted by atomic mass is 32.2. The fraction of sp³-hybridized carbons (Fsp3) is 0.316. The number of nitrogens with one attached hydrogen (secondary N) is 1. The first-order chi connectivity index (χ1) is 12.1. The molecule has 0 spiro atoms. The fourth-order valence-electron chi connectivity index (χ4n) is 2.40. The van der Waals surface area contributed by atoms with Crippen LogP contribution in [0.5, 0.6) is 0 Å². The number of aryl methyl sites for hydroxylation is 3. The number of benzene rings is 2. The molecule has 2 aromatic carbocycles. The lowest BCUT2D eigenvalue weighted by Crippen LogP contribution is -2.22. The predicted molar refractivity (Wildman–Crippen MR) is 107 cm³/mol. The monoisotopic (exact) mass is 392 g/mol. The maximum atomic E-state index is 12.3. The van der Waals surface area contributed by atoms with Crippen molar-refractivity contribution in [2.45, 2.75) is 30.6 Å². The van der Waals surface area contributed by atoms with Crippen LogP contribution >= 0.6 is 11.8 Å². The summed E-state index contributed by atoms with van der Waals surface area (Å²) in [4.78, 5) is 13.5. The van der Waals surface area contributed by atoms with Crippen molar-refractivity contribution in [3.05, 3.63) is 53.1 Å². The Morgan fingerprint density at radius 1 is 1.04 bits per heavy atom. The van der Waals surface area contributed by atoms with E-state index in [1.807, 2.05) is 32.9 Å². The topological polar surface area (TPSA) is 66.5 Å². The van der Waals surface area contributed by atoms with Crippen molar-refractivity contribution in [2.75, 3.05) is 25.2 Å². The zero-order valence-corrected chi connectivity index (χ0v) is 17.3. The molecule has 26 heavy (non-hydrogen) atoms. The van der Waals surface area contributed by atoms with Crippen LogP contribution in [-0.4, -0.2) is 38.5 Å². The van der Waals surface area contributed by atoms with Crippen molar-refractivity contribution in [3.63, 3.8) is 0 Å². The van der Waals surface area contributed by atoms with Gasteiger partial charge in [-0.05, 0) is 50.1 Å². The Morgan fingerprint density at radius 3 is 2.35 bits per heavy atom. The van der Waals surface area contributed by atoms with Crippen LogP contribution in [0.15, 0.2) is 46.2 Å². The van der Waals surface area contributed by atoms with E-state index in [0.29, 0.717) is 5.69 Å². The summed E-state index contributed by atoms with van der Waals surface area (Å²) in [5.41, 5.74) is 3.65. The lowest BCUT2D eigenvalue weighted by molar-refractivity contribution is -0.113. The summed E-state index contributed by atoms with van der Waals surface area (Å²) in [5, 5.41) is 2.82. The molecule has 1 amide bonds. The minimum Gasteiger partial charge on any atom is -0.325 e. The van der Waals surface area contributed by atoms with Crippen molar-refractivity contribution < 1.29 is 13.2 Å². The molecular weight excluding hydrogens is 368 g/mol. The van der Waals surface area contributed by atoms with Crippen LogP contribution in [0.1, 0.15) is 16.7 Å². The Balaban J connectivity index is 2.11. The largest absolute Gasteiger partial charge is 0.325 e. The number of carbonyl (C=O) groups is 1. The number of thioether (sulfide) groups is 1. The van der Waals surface area contributed by atoms with E-state index in [4.69, 9.17) is 0 Å². The number of nitrogens with zero attached hydrogens (tertiary/aromatic N) is 1. The molecule has 2 rings (SSSR count). The standard InChI is InChI=1S/C19H24N2O3S2/c1-13-6-9-18(15(3)10-13)25-12-19(22)20-17-11-16(8-7-14(17)2)26(23,24)21(4)5/h6-11H,12H2,1-5H3,(H,20,22). The lowest BCUT2D eigenvalue weighted by atomic mass is 10.2. The summed E-state index contributed by atoms with van der Waals surface area (Å²) in [6.07, 6.45) is 0. The third-order valence-corrected chi connectivity index (χ3v) is 6.94. The van der Waals surface area contributed by atoms with E-state index >= 15 is 0 Å². The zero-order valence-electron chi connectivity index (χ0n) is 15.7. The average molecular weight is 393 g/mol. The van der Waals surface area contributed by atoms with Gasteiger partial charge in [0.1, 0.15) is 0 Å². The maximum absolute atomic E-state index is 12.3. The highest BCUT2D eigenvalue weighted by Gasteiger charge is 2.18. The Kier molecular flexibility index (Phi) is 6.49. The number of hydrogen-bond acceptors (Lipinski definition) is 4. The third-order valence-electron chi connectivity index (χ3n) is 3.95. The van der Waals surface area contributed by atoms with Crippen LogP contribution in [0.4, 0.5) is 5.69 Å². The van der Waals surface area contributed by atoms with Crippen LogP contribution in [0.3, 0.4) is 0 Å². The first-order valence-corrected chi connectivity index (χ1v) is 10.6. The molecule has 7 heteroatoms. The highest BCUT2D eigenvalue weighted by molar-refractivity contribution is 8.00. The van der Waals surface area contributed by atoms with E-state index in [1.165, 1.54) is 37.5 Å². The molecule has 0 radical (unpaired) electrons. The summed E-state index contributed by atoms with van der Waals surface area (Å²) in [5.74, 6) is 0.0889. The summed E-state index contributed by atoms with van der Waals surface area (Å²) in [6, 6.07) is 10.9. The number of hydrogen-bond donors (Lipinski definition) is 1. The molecule has 0 saturated heterocycles. The van der Waals surface area contributed by atoms with Gasteiger partial charge in [0.05, 0.1) is 10.6 Å². The van der Waals surface area contributed by atoms with Gasteiger partial charge in [0.2, 0.25) is 15.9 Å². The van der Waals surface area contributed by atoms with Gasteiger partial charge in [-0.2, -0.15) is 0 Å². The minimum atomic E-state index is -3.54. The van der Waals surface area contributed by atoms with Crippen molar-refractivity contribution >= 4 is 33.4 Å². The fourth-order valence-corrected chi connectivity index (χ4v) is 4.14. The molecule has 0 fully saturated rings. The van der Waals surface area contributed by atoms with Crippen molar-refractivity contribution in [1.82, 2.24) is 4.31 Å². The molecule has 5 nitrogen and oxygen atoms in total. The number of sulfonamides is 1. The molecule has 0 aliphatic rings. The van der Waals surface area contributed by atoms with E-state index in [0.717, 1.165) is 20.3 Å². The summed E-state index contributed by atoms with van der Waals surface area (Å²) < 4.78 is 25.7. The molecule has 1 N–H and O–H groups in total. The van der Waals surface area contributed by atoms with Gasteiger partial charge in [0.25, 0.3) is 0 Å². The molecule has 2 aromatic rings. The molecule has 0 atom stereocenters. The van der Waals surface area contributed by atoms with E-state index in [1.54, 1.807) is 12.1 Å². The Hall–Kier alpha value is -1.83. The average Bonchev–Trinajstić information content (AvgIpc) is 2.55. The second-order valence-electron chi connectivity index (χ2n) is 6.37. The first kappa shape index (κ1) is 20.5. The number of carbonyl (C=O) groups excluding carboxylic acids is 1. The number of rotatable bonds is 6. The zero-order chi connectivity index (χ0) is 19.5. The van der Waals surface area contributed by atoms with Crippen molar-refractivity contribution in [2.24, 2.45) is 0 Å². The van der Waals surface area contributed by atoms with Gasteiger partial charge in [-0.3, -0.25) is 4.79 Å². The van der Waals surface area contributed by atoms with E-state index in [9.17, 15) is 13.2 Å². The molecule has 0 unspecified atom stereocenters. The molecule has 0 saturated carbocycles.